The Morgan fingerprint density at radius 1 is 1.19 bits per heavy atom. The molecule has 1 aliphatic rings. The van der Waals surface area contributed by atoms with Gasteiger partial charge in [-0.25, -0.2) is 0 Å². The fourth-order valence-electron chi connectivity index (χ4n) is 1.57. The average molecular weight is 217 g/mol. The van der Waals surface area contributed by atoms with Gasteiger partial charge in [0.25, 0.3) is 11.8 Å². The third-order valence-electron chi connectivity index (χ3n) is 2.47. The summed E-state index contributed by atoms with van der Waals surface area (Å²) in [6, 6.07) is 6.42. The molecule has 0 atom stereocenters. The third-order valence-corrected chi connectivity index (χ3v) is 2.47. The number of hydrogen-bond acceptors (Lipinski definition) is 3. The number of rotatable bonds is 2. The number of imide groups is 1. The Bertz CT molecular complexity index is 474. The van der Waals surface area contributed by atoms with Crippen LogP contribution in [0.3, 0.4) is 0 Å². The van der Waals surface area contributed by atoms with E-state index in [0.717, 1.165) is 5.56 Å². The molecule has 0 radical (unpaired) electrons. The van der Waals surface area contributed by atoms with Gasteiger partial charge in [-0.2, -0.15) is 0 Å². The maximum absolute atomic E-state index is 11.6. The lowest BCUT2D eigenvalue weighted by Gasteiger charge is -2.14. The molecule has 4 nitrogen and oxygen atoms in total. The van der Waals surface area contributed by atoms with Crippen LogP contribution in [0.4, 0.5) is 0 Å². The monoisotopic (exact) mass is 217 g/mol. The van der Waals surface area contributed by atoms with Crippen LogP contribution < -0.4 is 0 Å². The van der Waals surface area contributed by atoms with Crippen LogP contribution in [-0.2, 0) is 16.1 Å². The van der Waals surface area contributed by atoms with Crippen LogP contribution >= 0.6 is 0 Å². The van der Waals surface area contributed by atoms with Crippen molar-refractivity contribution in [3.8, 4) is 5.75 Å². The van der Waals surface area contributed by atoms with Crippen LogP contribution in [0.15, 0.2) is 35.9 Å². The largest absolute Gasteiger partial charge is 0.508 e. The van der Waals surface area contributed by atoms with Crippen molar-refractivity contribution in [1.29, 1.82) is 0 Å². The summed E-state index contributed by atoms with van der Waals surface area (Å²) < 4.78 is 0. The molecule has 82 valence electrons. The molecule has 0 aliphatic carbocycles. The maximum Gasteiger partial charge on any atom is 0.256 e. The standard InChI is InChI=1S/C12H11NO3/c1-8-6-11(15)13(12(8)16)7-9-2-4-10(14)5-3-9/h2-6,14H,7H2,1H3. The molecule has 4 heteroatoms. The second-order valence-electron chi connectivity index (χ2n) is 3.72. The number of nitrogens with zero attached hydrogens (tertiary/aromatic N) is 1. The minimum absolute atomic E-state index is 0.164. The van der Waals surface area contributed by atoms with Crippen molar-refractivity contribution >= 4 is 11.8 Å². The van der Waals surface area contributed by atoms with Crippen molar-refractivity contribution in [2.45, 2.75) is 13.5 Å². The molecule has 1 aromatic rings. The smallest absolute Gasteiger partial charge is 0.256 e. The molecule has 1 aromatic carbocycles. The number of phenolic OH excluding ortho intramolecular Hbond substituents is 1. The first kappa shape index (κ1) is 10.4. The van der Waals surface area contributed by atoms with E-state index in [4.69, 9.17) is 5.11 Å². The number of carbonyl (C=O) groups excluding carboxylic acids is 2. The van der Waals surface area contributed by atoms with E-state index in [-0.39, 0.29) is 24.1 Å². The van der Waals surface area contributed by atoms with Gasteiger partial charge in [-0.3, -0.25) is 14.5 Å². The third kappa shape index (κ3) is 1.82. The lowest BCUT2D eigenvalue weighted by Crippen LogP contribution is -2.30. The fraction of sp³-hybridized carbons (Fsp3) is 0.167. The van der Waals surface area contributed by atoms with Gasteiger partial charge in [0.15, 0.2) is 0 Å². The summed E-state index contributed by atoms with van der Waals surface area (Å²) in [6.45, 7) is 1.86. The highest BCUT2D eigenvalue weighted by Gasteiger charge is 2.27. The molecule has 1 N–H and O–H groups in total. The quantitative estimate of drug-likeness (QED) is 0.757. The molecular formula is C12H11NO3. The zero-order valence-corrected chi connectivity index (χ0v) is 8.80. The normalized spacial score (nSPS) is 15.6. The van der Waals surface area contributed by atoms with E-state index in [9.17, 15) is 9.59 Å². The number of amides is 2. The van der Waals surface area contributed by atoms with Gasteiger partial charge in [0.2, 0.25) is 0 Å². The second-order valence-corrected chi connectivity index (χ2v) is 3.72. The molecule has 0 unspecified atom stereocenters. The van der Waals surface area contributed by atoms with Gasteiger partial charge in [-0.15, -0.1) is 0 Å². The van der Waals surface area contributed by atoms with Crippen LogP contribution in [0.25, 0.3) is 0 Å². The van der Waals surface area contributed by atoms with Crippen molar-refractivity contribution in [2.75, 3.05) is 0 Å². The summed E-state index contributed by atoms with van der Waals surface area (Å²) in [5, 5.41) is 9.11. The highest BCUT2D eigenvalue weighted by molar-refractivity contribution is 6.15. The van der Waals surface area contributed by atoms with Crippen LogP contribution in [0.2, 0.25) is 0 Å². The van der Waals surface area contributed by atoms with Gasteiger partial charge in [0.1, 0.15) is 5.75 Å². The highest BCUT2D eigenvalue weighted by Crippen LogP contribution is 2.17. The Labute approximate surface area is 92.8 Å². The molecule has 2 amide bonds. The first-order chi connectivity index (χ1) is 7.58. The van der Waals surface area contributed by atoms with E-state index in [2.05, 4.69) is 0 Å². The molecule has 0 saturated carbocycles. The summed E-state index contributed by atoms with van der Waals surface area (Å²) in [6.07, 6.45) is 1.34. The lowest BCUT2D eigenvalue weighted by atomic mass is 10.2. The molecule has 2 rings (SSSR count). The molecule has 16 heavy (non-hydrogen) atoms. The second kappa shape index (κ2) is 3.81. The van der Waals surface area contributed by atoms with Crippen molar-refractivity contribution < 1.29 is 14.7 Å². The van der Waals surface area contributed by atoms with Crippen molar-refractivity contribution in [2.24, 2.45) is 0 Å². The Kier molecular flexibility index (Phi) is 2.48. The van der Waals surface area contributed by atoms with Gasteiger partial charge in [0.05, 0.1) is 6.54 Å². The number of aromatic hydroxyl groups is 1. The van der Waals surface area contributed by atoms with E-state index >= 15 is 0 Å². The van der Waals surface area contributed by atoms with E-state index < -0.39 is 0 Å². The molecular weight excluding hydrogens is 206 g/mol. The molecule has 0 spiro atoms. The fourth-order valence-corrected chi connectivity index (χ4v) is 1.57. The zero-order valence-electron chi connectivity index (χ0n) is 8.80. The predicted molar refractivity (Wildman–Crippen MR) is 57.4 cm³/mol. The van der Waals surface area contributed by atoms with E-state index in [1.807, 2.05) is 0 Å². The molecule has 0 saturated heterocycles. The Morgan fingerprint density at radius 2 is 1.81 bits per heavy atom. The molecule has 0 aromatic heterocycles. The van der Waals surface area contributed by atoms with Crippen molar-refractivity contribution in [1.82, 2.24) is 4.90 Å². The van der Waals surface area contributed by atoms with Gasteiger partial charge >= 0.3 is 0 Å². The predicted octanol–water partition coefficient (Wildman–Crippen LogP) is 1.21. The molecule has 0 fully saturated rings. The molecule has 1 aliphatic heterocycles. The van der Waals surface area contributed by atoms with Crippen molar-refractivity contribution in [3.05, 3.63) is 41.5 Å². The van der Waals surface area contributed by atoms with Gasteiger partial charge in [-0.05, 0) is 24.6 Å². The summed E-state index contributed by atoms with van der Waals surface area (Å²) in [5.74, 6) is -0.370. The van der Waals surface area contributed by atoms with Gasteiger partial charge in [-0.1, -0.05) is 12.1 Å². The minimum Gasteiger partial charge on any atom is -0.508 e. The Hall–Kier alpha value is -2.10. The van der Waals surface area contributed by atoms with Crippen LogP contribution in [0, 0.1) is 0 Å². The number of phenols is 1. The number of benzene rings is 1. The number of carbonyl (C=O) groups is 2. The van der Waals surface area contributed by atoms with Crippen LogP contribution in [0.1, 0.15) is 12.5 Å². The van der Waals surface area contributed by atoms with Crippen molar-refractivity contribution in [3.63, 3.8) is 0 Å². The summed E-state index contributed by atoms with van der Waals surface area (Å²) in [7, 11) is 0. The van der Waals surface area contributed by atoms with Crippen LogP contribution in [0.5, 0.6) is 5.75 Å². The van der Waals surface area contributed by atoms with E-state index in [1.54, 1.807) is 19.1 Å². The minimum atomic E-state index is -0.282. The SMILES string of the molecule is CC1=CC(=O)N(Cc2ccc(O)cc2)C1=O. The van der Waals surface area contributed by atoms with Gasteiger partial charge < -0.3 is 5.11 Å². The topological polar surface area (TPSA) is 57.6 Å². The van der Waals surface area contributed by atoms with E-state index in [1.165, 1.54) is 23.1 Å². The Balaban J connectivity index is 2.15. The maximum atomic E-state index is 11.6. The molecule has 0 bridgehead atoms. The summed E-state index contributed by atoms with van der Waals surface area (Å²) in [5.41, 5.74) is 1.27. The van der Waals surface area contributed by atoms with Crippen LogP contribution in [-0.4, -0.2) is 21.8 Å². The summed E-state index contributed by atoms with van der Waals surface area (Å²) >= 11 is 0. The van der Waals surface area contributed by atoms with E-state index in [0.29, 0.717) is 5.57 Å². The van der Waals surface area contributed by atoms with Gasteiger partial charge in [0, 0.05) is 11.6 Å². The lowest BCUT2D eigenvalue weighted by molar-refractivity contribution is -0.137. The highest BCUT2D eigenvalue weighted by atomic mass is 16.3. The first-order valence-electron chi connectivity index (χ1n) is 4.90. The average Bonchev–Trinajstić information content (AvgIpc) is 2.48. The first-order valence-corrected chi connectivity index (χ1v) is 4.90. The number of hydrogen-bond donors (Lipinski definition) is 1. The zero-order chi connectivity index (χ0) is 11.7. The Morgan fingerprint density at radius 3 is 2.31 bits per heavy atom. The summed E-state index contributed by atoms with van der Waals surface area (Å²) in [4.78, 5) is 24.2. The molecule has 1 heterocycles.